The lowest BCUT2D eigenvalue weighted by molar-refractivity contribution is 0.306. The van der Waals surface area contributed by atoms with E-state index in [0.717, 1.165) is 12.8 Å². The molecule has 0 aromatic rings. The van der Waals surface area contributed by atoms with Crippen molar-refractivity contribution in [1.82, 2.24) is 0 Å². The van der Waals surface area contributed by atoms with Gasteiger partial charge >= 0.3 is 0 Å². The van der Waals surface area contributed by atoms with Crippen LogP contribution >= 0.6 is 0 Å². The van der Waals surface area contributed by atoms with Gasteiger partial charge in [0, 0.05) is 6.54 Å². The molecule has 0 aromatic heterocycles. The first-order valence-electron chi connectivity index (χ1n) is 7.69. The van der Waals surface area contributed by atoms with Crippen molar-refractivity contribution < 1.29 is 12.6 Å². The highest BCUT2D eigenvalue weighted by Gasteiger charge is 2.08. The van der Waals surface area contributed by atoms with E-state index in [1.54, 1.807) is 0 Å². The van der Waals surface area contributed by atoms with Crippen LogP contribution in [-0.2, 0) is 14.3 Å². The number of nitrogens with two attached hydrogens (primary N) is 1. The van der Waals surface area contributed by atoms with Crippen LogP contribution in [0.5, 0.6) is 0 Å². The fourth-order valence-corrected chi connectivity index (χ4v) is 2.76. The van der Waals surface area contributed by atoms with E-state index in [2.05, 4.69) is 6.92 Å². The molecule has 19 heavy (non-hydrogen) atoms. The molecule has 5 heteroatoms. The molecular formula is C14H31NO3S. The van der Waals surface area contributed by atoms with Crippen LogP contribution in [-0.4, -0.2) is 27.3 Å². The molecule has 0 fully saturated rings. The molecule has 0 atom stereocenters. The Morgan fingerprint density at radius 2 is 1.32 bits per heavy atom. The second-order valence-corrected chi connectivity index (χ2v) is 6.81. The molecule has 0 saturated heterocycles. The average Bonchev–Trinajstić information content (AvgIpc) is 2.36. The van der Waals surface area contributed by atoms with Crippen molar-refractivity contribution in [2.75, 3.05) is 18.9 Å². The van der Waals surface area contributed by atoms with Crippen molar-refractivity contribution in [3.05, 3.63) is 0 Å². The molecule has 0 saturated carbocycles. The van der Waals surface area contributed by atoms with E-state index < -0.39 is 10.1 Å². The van der Waals surface area contributed by atoms with Gasteiger partial charge in [-0.3, -0.25) is 4.18 Å². The van der Waals surface area contributed by atoms with E-state index in [4.69, 9.17) is 9.92 Å². The lowest BCUT2D eigenvalue weighted by atomic mass is 10.1. The summed E-state index contributed by atoms with van der Waals surface area (Å²) < 4.78 is 27.2. The maximum Gasteiger partial charge on any atom is 0.268 e. The summed E-state index contributed by atoms with van der Waals surface area (Å²) in [5.74, 6) is -0.0786. The minimum absolute atomic E-state index is 0.0786. The molecule has 0 aliphatic carbocycles. The molecule has 0 rings (SSSR count). The predicted molar refractivity (Wildman–Crippen MR) is 80.6 cm³/mol. The van der Waals surface area contributed by atoms with Gasteiger partial charge in [0.05, 0.1) is 12.4 Å². The molecule has 116 valence electrons. The monoisotopic (exact) mass is 293 g/mol. The van der Waals surface area contributed by atoms with Gasteiger partial charge < -0.3 is 5.73 Å². The summed E-state index contributed by atoms with van der Waals surface area (Å²) in [6, 6.07) is 0. The largest absolute Gasteiger partial charge is 0.329 e. The third-order valence-corrected chi connectivity index (χ3v) is 4.39. The second-order valence-electron chi connectivity index (χ2n) is 5.05. The zero-order chi connectivity index (χ0) is 14.4. The maximum atomic E-state index is 11.2. The zero-order valence-corrected chi connectivity index (χ0v) is 13.2. The van der Waals surface area contributed by atoms with Crippen molar-refractivity contribution in [3.8, 4) is 0 Å². The summed E-state index contributed by atoms with van der Waals surface area (Å²) >= 11 is 0. The highest BCUT2D eigenvalue weighted by atomic mass is 32.2. The number of unbranched alkanes of at least 4 members (excludes halogenated alkanes) is 9. The molecule has 2 N–H and O–H groups in total. The summed E-state index contributed by atoms with van der Waals surface area (Å²) in [6.07, 6.45) is 12.3. The Bertz CT molecular complexity index is 278. The summed E-state index contributed by atoms with van der Waals surface area (Å²) in [7, 11) is -3.37. The van der Waals surface area contributed by atoms with E-state index in [1.165, 1.54) is 51.4 Å². The lowest BCUT2D eigenvalue weighted by Crippen LogP contribution is -2.18. The van der Waals surface area contributed by atoms with Crippen LogP contribution < -0.4 is 5.73 Å². The van der Waals surface area contributed by atoms with Crippen molar-refractivity contribution in [2.24, 2.45) is 5.73 Å². The molecule has 0 aliphatic heterocycles. The zero-order valence-electron chi connectivity index (χ0n) is 12.4. The highest BCUT2D eigenvalue weighted by Crippen LogP contribution is 2.10. The Labute approximate surface area is 119 Å². The number of rotatable bonds is 14. The van der Waals surface area contributed by atoms with Crippen LogP contribution in [0, 0.1) is 0 Å². The number of hydrogen-bond acceptors (Lipinski definition) is 4. The maximum absolute atomic E-state index is 11.2. The van der Waals surface area contributed by atoms with E-state index in [0.29, 0.717) is 6.61 Å². The quantitative estimate of drug-likeness (QED) is 0.394. The SMILES string of the molecule is CCCCCCCCCCCCOS(=O)(=O)CCN. The molecule has 0 spiro atoms. The Morgan fingerprint density at radius 3 is 1.79 bits per heavy atom. The minimum Gasteiger partial charge on any atom is -0.329 e. The molecule has 0 aromatic carbocycles. The topological polar surface area (TPSA) is 69.4 Å². The first-order valence-corrected chi connectivity index (χ1v) is 9.27. The van der Waals surface area contributed by atoms with Crippen molar-refractivity contribution in [1.29, 1.82) is 0 Å². The average molecular weight is 293 g/mol. The van der Waals surface area contributed by atoms with Gasteiger partial charge in [0.15, 0.2) is 0 Å². The lowest BCUT2D eigenvalue weighted by Gasteiger charge is -2.04. The number of hydrogen-bond donors (Lipinski definition) is 1. The van der Waals surface area contributed by atoms with Gasteiger partial charge in [-0.1, -0.05) is 64.7 Å². The first kappa shape index (κ1) is 18.9. The third kappa shape index (κ3) is 14.1. The first-order chi connectivity index (χ1) is 9.12. The summed E-state index contributed by atoms with van der Waals surface area (Å²) in [5.41, 5.74) is 5.18. The van der Waals surface area contributed by atoms with Gasteiger partial charge in [0.25, 0.3) is 10.1 Å². The molecule has 0 heterocycles. The normalized spacial score (nSPS) is 11.9. The highest BCUT2D eigenvalue weighted by molar-refractivity contribution is 7.86. The van der Waals surface area contributed by atoms with Gasteiger partial charge in [-0.05, 0) is 6.42 Å². The molecule has 0 unspecified atom stereocenters. The molecule has 0 radical (unpaired) electrons. The summed E-state index contributed by atoms with van der Waals surface area (Å²) in [6.45, 7) is 2.66. The van der Waals surface area contributed by atoms with E-state index >= 15 is 0 Å². The van der Waals surface area contributed by atoms with Gasteiger partial charge in [0.2, 0.25) is 0 Å². The molecular weight excluding hydrogens is 262 g/mol. The Hall–Kier alpha value is -0.130. The van der Waals surface area contributed by atoms with Crippen LogP contribution in [0.2, 0.25) is 0 Å². The molecule has 0 aliphatic rings. The molecule has 0 amide bonds. The summed E-state index contributed by atoms with van der Waals surface area (Å²) in [5, 5.41) is 0. The fraction of sp³-hybridized carbons (Fsp3) is 1.00. The van der Waals surface area contributed by atoms with E-state index in [9.17, 15) is 8.42 Å². The fourth-order valence-electron chi connectivity index (χ4n) is 1.98. The Kier molecular flexibility index (Phi) is 12.8. The van der Waals surface area contributed by atoms with Gasteiger partial charge in [0.1, 0.15) is 0 Å². The van der Waals surface area contributed by atoms with Gasteiger partial charge in [-0.2, -0.15) is 8.42 Å². The Morgan fingerprint density at radius 1 is 0.842 bits per heavy atom. The van der Waals surface area contributed by atoms with E-state index in [1.807, 2.05) is 0 Å². The van der Waals surface area contributed by atoms with Gasteiger partial charge in [-0.15, -0.1) is 0 Å². The van der Waals surface area contributed by atoms with E-state index in [-0.39, 0.29) is 12.3 Å². The smallest absolute Gasteiger partial charge is 0.268 e. The summed E-state index contributed by atoms with van der Waals surface area (Å²) in [4.78, 5) is 0. The van der Waals surface area contributed by atoms with Crippen LogP contribution in [0.25, 0.3) is 0 Å². The third-order valence-electron chi connectivity index (χ3n) is 3.13. The van der Waals surface area contributed by atoms with Crippen LogP contribution in [0.15, 0.2) is 0 Å². The van der Waals surface area contributed by atoms with Crippen molar-refractivity contribution in [3.63, 3.8) is 0 Å². The van der Waals surface area contributed by atoms with Crippen LogP contribution in [0.1, 0.15) is 71.1 Å². The van der Waals surface area contributed by atoms with Crippen LogP contribution in [0.3, 0.4) is 0 Å². The second kappa shape index (κ2) is 12.9. The molecule has 0 bridgehead atoms. The van der Waals surface area contributed by atoms with Gasteiger partial charge in [-0.25, -0.2) is 0 Å². The Balaban J connectivity index is 3.19. The van der Waals surface area contributed by atoms with Crippen LogP contribution in [0.4, 0.5) is 0 Å². The predicted octanol–water partition coefficient (Wildman–Crippen LogP) is 3.21. The van der Waals surface area contributed by atoms with Crippen molar-refractivity contribution in [2.45, 2.75) is 71.1 Å². The molecule has 4 nitrogen and oxygen atoms in total. The van der Waals surface area contributed by atoms with Crippen molar-refractivity contribution >= 4 is 10.1 Å². The minimum atomic E-state index is -3.37. The standard InChI is InChI=1S/C14H31NO3S/c1-2-3-4-5-6-7-8-9-10-11-13-18-19(16,17)14-12-15/h2-15H2,1H3.